The first-order chi connectivity index (χ1) is 8.81. The molecule has 1 aliphatic heterocycles. The number of aromatic nitrogens is 1. The van der Waals surface area contributed by atoms with Crippen molar-refractivity contribution in [2.45, 2.75) is 12.8 Å². The van der Waals surface area contributed by atoms with Crippen LogP contribution in [0.1, 0.15) is 23.2 Å². The third kappa shape index (κ3) is 3.18. The zero-order chi connectivity index (χ0) is 12.8. The number of nitrogens with zero attached hydrogens (tertiary/aromatic N) is 1. The molecule has 1 aromatic rings. The van der Waals surface area contributed by atoms with Gasteiger partial charge in [0.15, 0.2) is 0 Å². The maximum absolute atomic E-state index is 11.9. The third-order valence-corrected chi connectivity index (χ3v) is 3.08. The third-order valence-electron chi connectivity index (χ3n) is 3.08. The van der Waals surface area contributed by atoms with Gasteiger partial charge in [-0.1, -0.05) is 0 Å². The van der Waals surface area contributed by atoms with E-state index in [1.165, 1.54) is 6.20 Å². The van der Waals surface area contributed by atoms with E-state index in [0.29, 0.717) is 23.7 Å². The average molecular weight is 250 g/mol. The first kappa shape index (κ1) is 12.8. The number of nitrogens with one attached hydrogen (secondary N) is 2. The number of rotatable bonds is 5. The minimum Gasteiger partial charge on any atom is -0.381 e. The molecule has 0 saturated carbocycles. The summed E-state index contributed by atoms with van der Waals surface area (Å²) in [6.07, 6.45) is 5.11. The summed E-state index contributed by atoms with van der Waals surface area (Å²) >= 11 is 0. The highest BCUT2D eigenvalue weighted by molar-refractivity contribution is 5.99. The second-order valence-electron chi connectivity index (χ2n) is 4.34. The predicted octanol–water partition coefficient (Wildman–Crippen LogP) is 0.524. The Morgan fingerprint density at radius 2 is 2.50 bits per heavy atom. The van der Waals surface area contributed by atoms with Gasteiger partial charge in [0.25, 0.3) is 5.91 Å². The van der Waals surface area contributed by atoms with Crippen molar-refractivity contribution in [3.05, 3.63) is 24.0 Å². The second-order valence-corrected chi connectivity index (χ2v) is 4.34. The van der Waals surface area contributed by atoms with Gasteiger partial charge in [-0.15, -0.1) is 0 Å². The Hall–Kier alpha value is -1.66. The van der Waals surface area contributed by atoms with Crippen LogP contribution in [0.3, 0.4) is 0 Å². The van der Waals surface area contributed by atoms with Crippen LogP contribution in [0.25, 0.3) is 0 Å². The van der Waals surface area contributed by atoms with Crippen LogP contribution in [0.15, 0.2) is 18.5 Å². The molecule has 0 radical (unpaired) electrons. The minimum absolute atomic E-state index is 0.157. The molecule has 0 aromatic carbocycles. The number of carbonyl (C=O) groups is 1. The standard InChI is InChI=1S/C12H18N4O2/c13-16-11-2-4-14-7-10(11)12(17)15-5-1-9-3-6-18-8-9/h2,4,7,9H,1,3,5-6,8,13H2,(H,14,16)(H,15,17). The van der Waals surface area contributed by atoms with Gasteiger partial charge in [0.1, 0.15) is 0 Å². The molecule has 0 spiro atoms. The van der Waals surface area contributed by atoms with Crippen molar-refractivity contribution in [3.63, 3.8) is 0 Å². The molecule has 6 heteroatoms. The fraction of sp³-hybridized carbons (Fsp3) is 0.500. The van der Waals surface area contributed by atoms with E-state index in [1.54, 1.807) is 12.3 Å². The molecule has 1 aliphatic rings. The fourth-order valence-corrected chi connectivity index (χ4v) is 2.00. The molecule has 1 atom stereocenters. The number of hydrogen-bond acceptors (Lipinski definition) is 5. The largest absolute Gasteiger partial charge is 0.381 e. The topological polar surface area (TPSA) is 89.3 Å². The van der Waals surface area contributed by atoms with E-state index in [9.17, 15) is 4.79 Å². The number of amides is 1. The highest BCUT2D eigenvalue weighted by atomic mass is 16.5. The maximum Gasteiger partial charge on any atom is 0.255 e. The zero-order valence-corrected chi connectivity index (χ0v) is 10.2. The Morgan fingerprint density at radius 1 is 1.61 bits per heavy atom. The smallest absolute Gasteiger partial charge is 0.255 e. The van der Waals surface area contributed by atoms with Gasteiger partial charge in [0, 0.05) is 32.2 Å². The molecule has 1 aromatic heterocycles. The Morgan fingerprint density at radius 3 is 3.22 bits per heavy atom. The normalized spacial score (nSPS) is 18.6. The van der Waals surface area contributed by atoms with Gasteiger partial charge >= 0.3 is 0 Å². The lowest BCUT2D eigenvalue weighted by Gasteiger charge is -2.10. The lowest BCUT2D eigenvalue weighted by molar-refractivity contribution is 0.0951. The van der Waals surface area contributed by atoms with Crippen LogP contribution in [0.5, 0.6) is 0 Å². The summed E-state index contributed by atoms with van der Waals surface area (Å²) in [5, 5.41) is 2.87. The van der Waals surface area contributed by atoms with Crippen molar-refractivity contribution in [1.29, 1.82) is 0 Å². The van der Waals surface area contributed by atoms with E-state index in [0.717, 1.165) is 26.1 Å². The summed E-state index contributed by atoms with van der Waals surface area (Å²) < 4.78 is 5.29. The molecule has 2 rings (SSSR count). The van der Waals surface area contributed by atoms with Crippen molar-refractivity contribution in [2.75, 3.05) is 25.2 Å². The summed E-state index contributed by atoms with van der Waals surface area (Å²) in [6, 6.07) is 1.67. The first-order valence-corrected chi connectivity index (χ1v) is 6.08. The number of nitrogen functional groups attached to an aromatic ring is 1. The van der Waals surface area contributed by atoms with Gasteiger partial charge in [-0.25, -0.2) is 0 Å². The Labute approximate surface area is 106 Å². The Bertz CT molecular complexity index is 405. The van der Waals surface area contributed by atoms with Crippen LogP contribution in [0.4, 0.5) is 5.69 Å². The average Bonchev–Trinajstić information content (AvgIpc) is 2.91. The second kappa shape index (κ2) is 6.32. The number of hydrogen-bond donors (Lipinski definition) is 3. The lowest BCUT2D eigenvalue weighted by atomic mass is 10.1. The summed E-state index contributed by atoms with van der Waals surface area (Å²) in [7, 11) is 0. The Balaban J connectivity index is 1.83. The van der Waals surface area contributed by atoms with Crippen molar-refractivity contribution >= 4 is 11.6 Å². The Kier molecular flexibility index (Phi) is 4.49. The van der Waals surface area contributed by atoms with E-state index in [2.05, 4.69) is 15.7 Å². The molecule has 18 heavy (non-hydrogen) atoms. The van der Waals surface area contributed by atoms with Crippen LogP contribution in [-0.4, -0.2) is 30.6 Å². The molecule has 0 aliphatic carbocycles. The van der Waals surface area contributed by atoms with Gasteiger partial charge in [-0.05, 0) is 24.8 Å². The molecular weight excluding hydrogens is 232 g/mol. The highest BCUT2D eigenvalue weighted by Crippen LogP contribution is 2.16. The van der Waals surface area contributed by atoms with Crippen LogP contribution in [0.2, 0.25) is 0 Å². The van der Waals surface area contributed by atoms with Crippen molar-refractivity contribution in [2.24, 2.45) is 11.8 Å². The fourth-order valence-electron chi connectivity index (χ4n) is 2.00. The number of anilines is 1. The molecule has 1 unspecified atom stereocenters. The van der Waals surface area contributed by atoms with E-state index in [-0.39, 0.29) is 5.91 Å². The van der Waals surface area contributed by atoms with Crippen LogP contribution in [0, 0.1) is 5.92 Å². The molecule has 98 valence electrons. The molecule has 1 amide bonds. The van der Waals surface area contributed by atoms with Gasteiger partial charge < -0.3 is 15.5 Å². The molecule has 6 nitrogen and oxygen atoms in total. The molecule has 0 bridgehead atoms. The van der Waals surface area contributed by atoms with Gasteiger partial charge in [0.05, 0.1) is 11.3 Å². The number of ether oxygens (including phenoxy) is 1. The quantitative estimate of drug-likeness (QED) is 0.524. The van der Waals surface area contributed by atoms with E-state index in [1.807, 2.05) is 0 Å². The molecular formula is C12H18N4O2. The highest BCUT2D eigenvalue weighted by Gasteiger charge is 2.16. The predicted molar refractivity (Wildman–Crippen MR) is 67.9 cm³/mol. The number of nitrogens with two attached hydrogens (primary N) is 1. The van der Waals surface area contributed by atoms with Gasteiger partial charge in [-0.3, -0.25) is 15.6 Å². The van der Waals surface area contributed by atoms with Gasteiger partial charge in [-0.2, -0.15) is 0 Å². The molecule has 1 fully saturated rings. The minimum atomic E-state index is -0.157. The summed E-state index contributed by atoms with van der Waals surface area (Å²) in [5.41, 5.74) is 3.52. The van der Waals surface area contributed by atoms with Crippen molar-refractivity contribution in [1.82, 2.24) is 10.3 Å². The van der Waals surface area contributed by atoms with Gasteiger partial charge in [0.2, 0.25) is 0 Å². The summed E-state index contributed by atoms with van der Waals surface area (Å²) in [6.45, 7) is 2.28. The van der Waals surface area contributed by atoms with Crippen LogP contribution < -0.4 is 16.6 Å². The van der Waals surface area contributed by atoms with Crippen LogP contribution in [-0.2, 0) is 4.74 Å². The first-order valence-electron chi connectivity index (χ1n) is 6.08. The lowest BCUT2D eigenvalue weighted by Crippen LogP contribution is -2.27. The van der Waals surface area contributed by atoms with Crippen LogP contribution >= 0.6 is 0 Å². The summed E-state index contributed by atoms with van der Waals surface area (Å²) in [4.78, 5) is 15.8. The number of hydrazine groups is 1. The molecule has 4 N–H and O–H groups in total. The SMILES string of the molecule is NNc1ccncc1C(=O)NCCC1CCOC1. The molecule has 2 heterocycles. The number of pyridine rings is 1. The van der Waals surface area contributed by atoms with Crippen molar-refractivity contribution < 1.29 is 9.53 Å². The zero-order valence-electron chi connectivity index (χ0n) is 10.2. The number of carbonyl (C=O) groups excluding carboxylic acids is 1. The van der Waals surface area contributed by atoms with Crippen molar-refractivity contribution in [3.8, 4) is 0 Å². The summed E-state index contributed by atoms with van der Waals surface area (Å²) in [5.74, 6) is 5.75. The maximum atomic E-state index is 11.9. The van der Waals surface area contributed by atoms with E-state index < -0.39 is 0 Å². The van der Waals surface area contributed by atoms with E-state index in [4.69, 9.17) is 10.6 Å². The molecule has 1 saturated heterocycles. The van der Waals surface area contributed by atoms with E-state index >= 15 is 0 Å². The monoisotopic (exact) mass is 250 g/mol.